The molecule has 3 rings (SSSR count). The highest BCUT2D eigenvalue weighted by molar-refractivity contribution is 14.1. The van der Waals surface area contributed by atoms with Crippen LogP contribution in [0.3, 0.4) is 0 Å². The number of hydrogen-bond acceptors (Lipinski definition) is 4. The predicted molar refractivity (Wildman–Crippen MR) is 110 cm³/mol. The van der Waals surface area contributed by atoms with Gasteiger partial charge in [-0.1, -0.05) is 24.3 Å². The summed E-state index contributed by atoms with van der Waals surface area (Å²) in [5, 5.41) is 9.88. The minimum absolute atomic E-state index is 0.00310. The number of aromatic nitrogens is 2. The van der Waals surface area contributed by atoms with Gasteiger partial charge in [0, 0.05) is 22.6 Å². The molecule has 1 aromatic heterocycles. The van der Waals surface area contributed by atoms with E-state index in [9.17, 15) is 5.11 Å². The summed E-state index contributed by atoms with van der Waals surface area (Å²) < 4.78 is 14.9. The first-order valence-corrected chi connectivity index (χ1v) is 10.1. The number of imidazole rings is 1. The lowest BCUT2D eigenvalue weighted by atomic mass is 10.1. The Balaban J connectivity index is 1.70. The minimum Gasteiger partial charge on any atom is -0.394 e. The molecular weight excluding hydrogens is 443 g/mol. The van der Waals surface area contributed by atoms with Crippen molar-refractivity contribution in [2.45, 2.75) is 44.6 Å². The highest BCUT2D eigenvalue weighted by Crippen LogP contribution is 2.25. The van der Waals surface area contributed by atoms with Crippen LogP contribution < -0.4 is 0 Å². The van der Waals surface area contributed by atoms with Crippen molar-refractivity contribution in [3.63, 3.8) is 0 Å². The zero-order valence-electron chi connectivity index (χ0n) is 14.9. The van der Waals surface area contributed by atoms with E-state index >= 15 is 0 Å². The molecule has 0 spiro atoms. The lowest BCUT2D eigenvalue weighted by molar-refractivity contribution is -0.188. The second-order valence-electron chi connectivity index (χ2n) is 6.43. The van der Waals surface area contributed by atoms with Crippen molar-refractivity contribution in [3.8, 4) is 0 Å². The molecule has 1 unspecified atom stereocenters. The highest BCUT2D eigenvalue weighted by atomic mass is 127. The Labute approximate surface area is 168 Å². The Morgan fingerprint density at radius 2 is 2.19 bits per heavy atom. The molecule has 1 saturated heterocycles. The molecule has 0 amide bonds. The van der Waals surface area contributed by atoms with E-state index in [4.69, 9.17) is 9.47 Å². The van der Waals surface area contributed by atoms with Crippen molar-refractivity contribution in [2.24, 2.45) is 0 Å². The summed E-state index contributed by atoms with van der Waals surface area (Å²) in [6.07, 6.45) is 10.4. The third kappa shape index (κ3) is 5.16. The van der Waals surface area contributed by atoms with Gasteiger partial charge in [0.15, 0.2) is 6.29 Å². The molecule has 5 nitrogen and oxygen atoms in total. The Kier molecular flexibility index (Phi) is 7.24. The summed E-state index contributed by atoms with van der Waals surface area (Å²) in [6, 6.07) is 8.07. The lowest BCUT2D eigenvalue weighted by Crippen LogP contribution is -2.25. The van der Waals surface area contributed by atoms with E-state index in [0.29, 0.717) is 0 Å². The molecule has 0 radical (unpaired) electrons. The third-order valence-corrected chi connectivity index (χ3v) is 5.20. The van der Waals surface area contributed by atoms with Gasteiger partial charge in [-0.3, -0.25) is 0 Å². The Hall–Kier alpha value is -1.22. The molecule has 2 aromatic rings. The van der Waals surface area contributed by atoms with Gasteiger partial charge in [0.05, 0.1) is 12.6 Å². The van der Waals surface area contributed by atoms with Gasteiger partial charge in [-0.05, 0) is 66.5 Å². The molecule has 1 N–H and O–H groups in total. The predicted octanol–water partition coefficient (Wildman–Crippen LogP) is 4.34. The van der Waals surface area contributed by atoms with Crippen LogP contribution in [0.5, 0.6) is 0 Å². The number of halogens is 1. The van der Waals surface area contributed by atoms with Crippen LogP contribution in [0.15, 0.2) is 42.7 Å². The lowest BCUT2D eigenvalue weighted by Gasteiger charge is -2.27. The van der Waals surface area contributed by atoms with Crippen molar-refractivity contribution in [3.05, 3.63) is 57.7 Å². The molecule has 0 bridgehead atoms. The topological polar surface area (TPSA) is 56.5 Å². The molecule has 6 heteroatoms. The van der Waals surface area contributed by atoms with Crippen LogP contribution in [0, 0.1) is 3.57 Å². The van der Waals surface area contributed by atoms with Crippen molar-refractivity contribution >= 4 is 28.7 Å². The molecular formula is C20H25IN2O3. The van der Waals surface area contributed by atoms with Crippen LogP contribution in [0.25, 0.3) is 6.08 Å². The SMILES string of the molecule is C[C@H](OC1CCCCO1)c1nccn1[C@@H](/C=C/c1ccc(I)cc1)CO. The molecule has 3 atom stereocenters. The zero-order valence-corrected chi connectivity index (χ0v) is 17.1. The molecule has 0 saturated carbocycles. The van der Waals surface area contributed by atoms with Crippen LogP contribution in [-0.4, -0.2) is 34.2 Å². The van der Waals surface area contributed by atoms with Crippen LogP contribution in [0.1, 0.15) is 49.7 Å². The van der Waals surface area contributed by atoms with Gasteiger partial charge in [-0.15, -0.1) is 0 Å². The van der Waals surface area contributed by atoms with E-state index in [-0.39, 0.29) is 25.0 Å². The number of rotatable bonds is 7. The van der Waals surface area contributed by atoms with Gasteiger partial charge in [-0.25, -0.2) is 4.98 Å². The fraction of sp³-hybridized carbons (Fsp3) is 0.450. The van der Waals surface area contributed by atoms with E-state index < -0.39 is 0 Å². The smallest absolute Gasteiger partial charge is 0.158 e. The minimum atomic E-state index is -0.200. The second kappa shape index (κ2) is 9.64. The Bertz CT molecular complexity index is 708. The van der Waals surface area contributed by atoms with Gasteiger partial charge >= 0.3 is 0 Å². The van der Waals surface area contributed by atoms with E-state index in [1.54, 1.807) is 6.20 Å². The van der Waals surface area contributed by atoms with Gasteiger partial charge in [0.1, 0.15) is 11.9 Å². The standard InChI is InChI=1S/C20H25IN2O3/c1-15(26-19-4-2-3-13-25-19)20-22-11-12-23(20)18(14-24)10-7-16-5-8-17(21)9-6-16/h5-12,15,18-19,24H,2-4,13-14H2,1H3/b10-7+/t15-,18-,19?/m0/s1. The number of ether oxygens (including phenoxy) is 2. The maximum Gasteiger partial charge on any atom is 0.158 e. The maximum absolute atomic E-state index is 9.88. The molecule has 1 aliphatic heterocycles. The maximum atomic E-state index is 9.88. The first kappa shape index (κ1) is 19.5. The monoisotopic (exact) mass is 468 g/mol. The van der Waals surface area contributed by atoms with Crippen molar-refractivity contribution in [2.75, 3.05) is 13.2 Å². The molecule has 1 aromatic carbocycles. The first-order chi connectivity index (χ1) is 12.7. The first-order valence-electron chi connectivity index (χ1n) is 9.02. The quantitative estimate of drug-likeness (QED) is 0.615. The molecule has 0 aliphatic carbocycles. The second-order valence-corrected chi connectivity index (χ2v) is 7.67. The summed E-state index contributed by atoms with van der Waals surface area (Å²) in [7, 11) is 0. The van der Waals surface area contributed by atoms with Gasteiger partial charge in [0.25, 0.3) is 0 Å². The Morgan fingerprint density at radius 1 is 1.38 bits per heavy atom. The molecule has 140 valence electrons. The largest absolute Gasteiger partial charge is 0.394 e. The summed E-state index contributed by atoms with van der Waals surface area (Å²) in [5.41, 5.74) is 1.10. The Morgan fingerprint density at radius 3 is 2.88 bits per heavy atom. The fourth-order valence-corrected chi connectivity index (χ4v) is 3.42. The van der Waals surface area contributed by atoms with Crippen LogP contribution in [-0.2, 0) is 9.47 Å². The molecule has 2 heterocycles. The molecule has 26 heavy (non-hydrogen) atoms. The van der Waals surface area contributed by atoms with Crippen molar-refractivity contribution in [1.82, 2.24) is 9.55 Å². The summed E-state index contributed by atoms with van der Waals surface area (Å²) in [5.74, 6) is 0.797. The fourth-order valence-electron chi connectivity index (χ4n) is 3.06. The summed E-state index contributed by atoms with van der Waals surface area (Å²) in [6.45, 7) is 2.73. The van der Waals surface area contributed by atoms with Crippen molar-refractivity contribution < 1.29 is 14.6 Å². The number of benzene rings is 1. The van der Waals surface area contributed by atoms with Gasteiger partial charge < -0.3 is 19.1 Å². The zero-order chi connectivity index (χ0) is 18.4. The van der Waals surface area contributed by atoms with Gasteiger partial charge in [0.2, 0.25) is 0 Å². The van der Waals surface area contributed by atoms with Crippen LogP contribution in [0.2, 0.25) is 0 Å². The number of aliphatic hydroxyl groups is 1. The average Bonchev–Trinajstić information content (AvgIpc) is 3.14. The third-order valence-electron chi connectivity index (χ3n) is 4.48. The van der Waals surface area contributed by atoms with Gasteiger partial charge in [-0.2, -0.15) is 0 Å². The van der Waals surface area contributed by atoms with E-state index in [0.717, 1.165) is 37.3 Å². The summed E-state index contributed by atoms with van der Waals surface area (Å²) in [4.78, 5) is 4.45. The van der Waals surface area contributed by atoms with E-state index in [1.165, 1.54) is 3.57 Å². The number of hydrogen-bond donors (Lipinski definition) is 1. The normalized spacial score (nSPS) is 20.3. The van der Waals surface area contributed by atoms with E-state index in [2.05, 4.69) is 51.8 Å². The molecule has 1 aliphatic rings. The van der Waals surface area contributed by atoms with E-state index in [1.807, 2.05) is 29.8 Å². The van der Waals surface area contributed by atoms with Crippen molar-refractivity contribution in [1.29, 1.82) is 0 Å². The number of nitrogens with zero attached hydrogens (tertiary/aromatic N) is 2. The summed E-state index contributed by atoms with van der Waals surface area (Å²) >= 11 is 2.29. The highest BCUT2D eigenvalue weighted by Gasteiger charge is 2.22. The molecule has 1 fully saturated rings. The number of aliphatic hydroxyl groups excluding tert-OH is 1. The average molecular weight is 468 g/mol. The van der Waals surface area contributed by atoms with Crippen LogP contribution >= 0.6 is 22.6 Å². The van der Waals surface area contributed by atoms with Crippen LogP contribution in [0.4, 0.5) is 0 Å².